The SMILES string of the molecule is NC(=O)C(=O)C(Cc1ccco1)NC(=O)c1nsnc1-c1ccncn1. The lowest BCUT2D eigenvalue weighted by molar-refractivity contribution is -0.137. The van der Waals surface area contributed by atoms with Crippen molar-refractivity contribution in [1.82, 2.24) is 24.0 Å². The Morgan fingerprint density at radius 2 is 2.12 bits per heavy atom. The van der Waals surface area contributed by atoms with Gasteiger partial charge in [-0.25, -0.2) is 9.97 Å². The minimum absolute atomic E-state index is 0.0181. The predicted octanol–water partition coefficient (Wildman–Crippen LogP) is -0.0164. The summed E-state index contributed by atoms with van der Waals surface area (Å²) < 4.78 is 13.2. The lowest BCUT2D eigenvalue weighted by Crippen LogP contribution is -2.47. The molecule has 0 aliphatic carbocycles. The van der Waals surface area contributed by atoms with E-state index in [4.69, 9.17) is 10.2 Å². The number of rotatable bonds is 7. The Labute approximate surface area is 150 Å². The fourth-order valence-corrected chi connectivity index (χ4v) is 2.73. The van der Waals surface area contributed by atoms with Crippen molar-refractivity contribution in [1.29, 1.82) is 0 Å². The van der Waals surface area contributed by atoms with Crippen LogP contribution in [-0.2, 0) is 16.0 Å². The topological polar surface area (TPSA) is 154 Å². The highest BCUT2D eigenvalue weighted by Crippen LogP contribution is 2.19. The van der Waals surface area contributed by atoms with E-state index in [1.165, 1.54) is 18.8 Å². The fraction of sp³-hybridized carbons (Fsp3) is 0.133. The first-order chi connectivity index (χ1) is 12.6. The molecule has 1 atom stereocenters. The molecule has 11 heteroatoms. The molecule has 0 saturated carbocycles. The molecule has 0 aliphatic rings. The molecule has 132 valence electrons. The number of primary amides is 1. The predicted molar refractivity (Wildman–Crippen MR) is 88.8 cm³/mol. The molecule has 0 spiro atoms. The van der Waals surface area contributed by atoms with Gasteiger partial charge < -0.3 is 15.5 Å². The Balaban J connectivity index is 1.83. The van der Waals surface area contributed by atoms with Crippen molar-refractivity contribution >= 4 is 29.3 Å². The number of amides is 2. The Morgan fingerprint density at radius 3 is 2.77 bits per heavy atom. The molecule has 10 nitrogen and oxygen atoms in total. The number of ketones is 1. The van der Waals surface area contributed by atoms with Gasteiger partial charge in [0.2, 0.25) is 5.78 Å². The van der Waals surface area contributed by atoms with Crippen LogP contribution in [0.4, 0.5) is 0 Å². The van der Waals surface area contributed by atoms with Gasteiger partial charge in [0.1, 0.15) is 23.8 Å². The third-order valence-corrected chi connectivity index (χ3v) is 3.91. The molecule has 0 aliphatic heterocycles. The number of carbonyl (C=O) groups excluding carboxylic acids is 3. The first-order valence-electron chi connectivity index (χ1n) is 7.32. The number of carbonyl (C=O) groups is 3. The molecular formula is C15H12N6O4S. The van der Waals surface area contributed by atoms with E-state index in [2.05, 4.69) is 24.0 Å². The van der Waals surface area contributed by atoms with Crippen LogP contribution in [0.2, 0.25) is 0 Å². The van der Waals surface area contributed by atoms with E-state index in [0.717, 1.165) is 11.7 Å². The summed E-state index contributed by atoms with van der Waals surface area (Å²) in [5.41, 5.74) is 5.70. The summed E-state index contributed by atoms with van der Waals surface area (Å²) in [6.07, 6.45) is 4.20. The van der Waals surface area contributed by atoms with Crippen LogP contribution in [0.25, 0.3) is 11.4 Å². The molecule has 0 bridgehead atoms. The summed E-state index contributed by atoms with van der Waals surface area (Å²) in [6.45, 7) is 0. The molecule has 3 N–H and O–H groups in total. The molecule has 3 heterocycles. The van der Waals surface area contributed by atoms with Crippen molar-refractivity contribution in [3.05, 3.63) is 48.4 Å². The van der Waals surface area contributed by atoms with Crippen molar-refractivity contribution in [2.45, 2.75) is 12.5 Å². The standard InChI is InChI=1S/C15H12N6O4S/c16-14(23)13(22)10(6-8-2-1-5-25-8)19-15(24)12-11(20-26-21-12)9-3-4-17-7-18-9/h1-5,7,10H,6H2,(H2,16,23)(H,19,24). The van der Waals surface area contributed by atoms with E-state index in [9.17, 15) is 14.4 Å². The molecule has 1 unspecified atom stereocenters. The second-order valence-corrected chi connectivity index (χ2v) is 5.62. The lowest BCUT2D eigenvalue weighted by atomic mass is 10.1. The zero-order valence-corrected chi connectivity index (χ0v) is 14.0. The normalized spacial score (nSPS) is 11.7. The van der Waals surface area contributed by atoms with Crippen LogP contribution in [-0.4, -0.2) is 42.4 Å². The van der Waals surface area contributed by atoms with Gasteiger partial charge in [-0.05, 0) is 18.2 Å². The van der Waals surface area contributed by atoms with Crippen LogP contribution in [0.15, 0.2) is 41.4 Å². The van der Waals surface area contributed by atoms with Crippen molar-refractivity contribution < 1.29 is 18.8 Å². The minimum Gasteiger partial charge on any atom is -0.469 e. The lowest BCUT2D eigenvalue weighted by Gasteiger charge is -2.14. The van der Waals surface area contributed by atoms with Gasteiger partial charge in [-0.15, -0.1) is 0 Å². The van der Waals surface area contributed by atoms with Crippen molar-refractivity contribution in [3.8, 4) is 11.4 Å². The first-order valence-corrected chi connectivity index (χ1v) is 8.05. The summed E-state index contributed by atoms with van der Waals surface area (Å²) in [5, 5.41) is 2.46. The van der Waals surface area contributed by atoms with Crippen LogP contribution < -0.4 is 11.1 Å². The summed E-state index contributed by atoms with van der Waals surface area (Å²) in [6, 6.07) is 3.62. The molecule has 0 aromatic carbocycles. The third-order valence-electron chi connectivity index (χ3n) is 3.38. The Morgan fingerprint density at radius 1 is 1.27 bits per heavy atom. The van der Waals surface area contributed by atoms with E-state index in [1.54, 1.807) is 18.2 Å². The van der Waals surface area contributed by atoms with Crippen LogP contribution in [0.5, 0.6) is 0 Å². The Kier molecular flexibility index (Phi) is 5.08. The maximum atomic E-state index is 12.6. The molecule has 0 radical (unpaired) electrons. The average Bonchev–Trinajstić information content (AvgIpc) is 3.32. The average molecular weight is 372 g/mol. The number of nitrogens with zero attached hydrogens (tertiary/aromatic N) is 4. The second-order valence-electron chi connectivity index (χ2n) is 5.09. The third kappa shape index (κ3) is 3.78. The molecule has 3 aromatic rings. The van der Waals surface area contributed by atoms with Gasteiger partial charge in [-0.2, -0.15) is 8.75 Å². The van der Waals surface area contributed by atoms with Gasteiger partial charge in [0.15, 0.2) is 5.69 Å². The summed E-state index contributed by atoms with van der Waals surface area (Å²) in [4.78, 5) is 43.7. The van der Waals surface area contributed by atoms with Gasteiger partial charge in [0, 0.05) is 12.6 Å². The van der Waals surface area contributed by atoms with Gasteiger partial charge in [0.25, 0.3) is 11.8 Å². The summed E-state index contributed by atoms with van der Waals surface area (Å²) in [7, 11) is 0. The molecule has 3 aromatic heterocycles. The number of furan rings is 1. The maximum absolute atomic E-state index is 12.6. The number of nitrogens with one attached hydrogen (secondary N) is 1. The Hall–Kier alpha value is -3.47. The van der Waals surface area contributed by atoms with E-state index in [1.807, 2.05) is 0 Å². The van der Waals surface area contributed by atoms with Gasteiger partial charge in [0.05, 0.1) is 23.7 Å². The summed E-state index contributed by atoms with van der Waals surface area (Å²) in [5.74, 6) is -2.37. The molecule has 0 fully saturated rings. The monoisotopic (exact) mass is 372 g/mol. The van der Waals surface area contributed by atoms with Crippen LogP contribution >= 0.6 is 11.7 Å². The van der Waals surface area contributed by atoms with Gasteiger partial charge in [-0.3, -0.25) is 14.4 Å². The van der Waals surface area contributed by atoms with Crippen LogP contribution in [0.1, 0.15) is 16.2 Å². The first kappa shape index (κ1) is 17.4. The number of Topliss-reactive ketones (excluding diaryl/α,β-unsaturated/α-hetero) is 1. The smallest absolute Gasteiger partial charge is 0.287 e. The van der Waals surface area contributed by atoms with Crippen LogP contribution in [0, 0.1) is 0 Å². The van der Waals surface area contributed by atoms with E-state index in [-0.39, 0.29) is 17.8 Å². The second kappa shape index (κ2) is 7.61. The number of hydrogen-bond donors (Lipinski definition) is 2. The van der Waals surface area contributed by atoms with Crippen molar-refractivity contribution in [2.24, 2.45) is 5.73 Å². The van der Waals surface area contributed by atoms with Crippen LogP contribution in [0.3, 0.4) is 0 Å². The number of hydrogen-bond acceptors (Lipinski definition) is 9. The zero-order chi connectivity index (χ0) is 18.5. The van der Waals surface area contributed by atoms with Gasteiger partial charge in [-0.1, -0.05) is 0 Å². The van der Waals surface area contributed by atoms with Crippen molar-refractivity contribution in [3.63, 3.8) is 0 Å². The molecule has 3 rings (SSSR count). The zero-order valence-electron chi connectivity index (χ0n) is 13.2. The highest BCUT2D eigenvalue weighted by Gasteiger charge is 2.29. The quantitative estimate of drug-likeness (QED) is 0.549. The largest absolute Gasteiger partial charge is 0.469 e. The van der Waals surface area contributed by atoms with Gasteiger partial charge >= 0.3 is 0 Å². The minimum atomic E-state index is -1.19. The molecular weight excluding hydrogens is 360 g/mol. The van der Waals surface area contributed by atoms with E-state index < -0.39 is 23.6 Å². The highest BCUT2D eigenvalue weighted by molar-refractivity contribution is 6.99. The molecule has 0 saturated heterocycles. The van der Waals surface area contributed by atoms with E-state index in [0.29, 0.717) is 11.5 Å². The summed E-state index contributed by atoms with van der Waals surface area (Å²) >= 11 is 0.820. The number of nitrogens with two attached hydrogens (primary N) is 1. The maximum Gasteiger partial charge on any atom is 0.287 e. The number of aromatic nitrogens is 4. The molecule has 2 amide bonds. The van der Waals surface area contributed by atoms with E-state index >= 15 is 0 Å². The van der Waals surface area contributed by atoms with Crippen molar-refractivity contribution in [2.75, 3.05) is 0 Å². The Bertz CT molecular complexity index is 925. The molecule has 26 heavy (non-hydrogen) atoms. The fourth-order valence-electron chi connectivity index (χ4n) is 2.17. The highest BCUT2D eigenvalue weighted by atomic mass is 32.1.